The molecule has 0 bridgehead atoms. The summed E-state index contributed by atoms with van der Waals surface area (Å²) < 4.78 is 18.0. The molecule has 4 nitrogen and oxygen atoms in total. The summed E-state index contributed by atoms with van der Waals surface area (Å²) in [7, 11) is 0. The van der Waals surface area contributed by atoms with Crippen molar-refractivity contribution in [3.8, 4) is 33.8 Å². The van der Waals surface area contributed by atoms with E-state index in [1.807, 2.05) is 13.0 Å². The van der Waals surface area contributed by atoms with Crippen LogP contribution in [-0.2, 0) is 22.4 Å². The number of hydrogen-bond donors (Lipinski definition) is 0. The van der Waals surface area contributed by atoms with Crippen molar-refractivity contribution in [1.82, 2.24) is 0 Å². The molecule has 1 aliphatic rings. The molecular weight excluding hydrogens is 519 g/mol. The summed E-state index contributed by atoms with van der Waals surface area (Å²) in [6.45, 7) is 6.92. The van der Waals surface area contributed by atoms with Crippen LogP contribution in [0.3, 0.4) is 0 Å². The number of carbonyl (C=O) groups excluding carboxylic acids is 1. The summed E-state index contributed by atoms with van der Waals surface area (Å²) in [5.74, 6) is 1.69. The maximum atomic E-state index is 11.0. The fourth-order valence-corrected chi connectivity index (χ4v) is 5.01. The van der Waals surface area contributed by atoms with Crippen LogP contribution in [0.1, 0.15) is 56.7 Å². The summed E-state index contributed by atoms with van der Waals surface area (Å²) in [5.41, 5.74) is 8.49. The van der Waals surface area contributed by atoms with Crippen LogP contribution in [-0.4, -0.2) is 36.5 Å². The Morgan fingerprint density at radius 1 is 0.921 bits per heavy atom. The number of unbranched alkanes of at least 4 members (excludes halogenated alkanes) is 2. The Morgan fingerprint density at radius 3 is 2.37 bits per heavy atom. The first-order chi connectivity index (χ1) is 18.4. The molecule has 0 heterocycles. The average molecular weight is 556 g/mol. The predicted octanol–water partition coefficient (Wildman–Crippen LogP) is 8.21. The Hall–Kier alpha value is -2.53. The lowest BCUT2D eigenvalue weighted by Gasteiger charge is -2.22. The highest BCUT2D eigenvalue weighted by molar-refractivity contribution is 6.44. The molecule has 0 saturated heterocycles. The number of hydrogen-bond acceptors (Lipinski definition) is 4. The minimum atomic E-state index is -0.630. The smallest absolute Gasteiger partial charge is 0.155 e. The van der Waals surface area contributed by atoms with Gasteiger partial charge in [-0.3, -0.25) is 4.79 Å². The SMILES string of the molecule is CCc1cc(OC(C)C(Cl)Cl)cc(-c2cccc3c2Cc2ccccc2-3)c1OCCCCCOCC(C)=O. The molecule has 1 atom stereocenters. The van der Waals surface area contributed by atoms with Crippen molar-refractivity contribution in [2.45, 2.75) is 63.8 Å². The van der Waals surface area contributed by atoms with Gasteiger partial charge in [-0.1, -0.05) is 49.4 Å². The third-order valence-electron chi connectivity index (χ3n) is 6.82. The molecule has 3 aromatic rings. The average Bonchev–Trinajstić information content (AvgIpc) is 3.29. The van der Waals surface area contributed by atoms with Crippen molar-refractivity contribution >= 4 is 29.0 Å². The largest absolute Gasteiger partial charge is 0.493 e. The van der Waals surface area contributed by atoms with Gasteiger partial charge >= 0.3 is 0 Å². The van der Waals surface area contributed by atoms with Crippen LogP contribution >= 0.6 is 23.2 Å². The Bertz CT molecular complexity index is 1250. The number of ketones is 1. The van der Waals surface area contributed by atoms with Crippen LogP contribution in [0.5, 0.6) is 11.5 Å². The van der Waals surface area contributed by atoms with Crippen LogP contribution in [0, 0.1) is 0 Å². The molecule has 4 rings (SSSR count). The summed E-state index contributed by atoms with van der Waals surface area (Å²) in [5, 5.41) is 0. The molecule has 0 spiro atoms. The third kappa shape index (κ3) is 6.91. The Morgan fingerprint density at radius 2 is 1.63 bits per heavy atom. The zero-order valence-electron chi connectivity index (χ0n) is 22.4. The van der Waals surface area contributed by atoms with Crippen molar-refractivity contribution in [3.05, 3.63) is 71.3 Å². The van der Waals surface area contributed by atoms with Crippen molar-refractivity contribution in [2.24, 2.45) is 0 Å². The highest BCUT2D eigenvalue weighted by Crippen LogP contribution is 2.46. The van der Waals surface area contributed by atoms with Gasteiger partial charge in [0.1, 0.15) is 29.0 Å². The maximum Gasteiger partial charge on any atom is 0.155 e. The van der Waals surface area contributed by atoms with Gasteiger partial charge in [-0.25, -0.2) is 0 Å². The number of fused-ring (bicyclic) bond motifs is 3. The minimum absolute atomic E-state index is 0.0536. The second kappa shape index (κ2) is 13.5. The standard InChI is InChI=1S/C32H36Cl2O4/c1-4-23-17-25(38-22(3)32(33)34)19-30(31(23)37-16-9-5-8-15-36-20-21(2)35)28-14-10-13-27-26-12-7-6-11-24(26)18-29(27)28/h6-7,10-14,17,19,22,32H,4-5,8-9,15-16,18,20H2,1-3H3. The van der Waals surface area contributed by atoms with E-state index in [4.69, 9.17) is 37.4 Å². The molecule has 6 heteroatoms. The van der Waals surface area contributed by atoms with E-state index in [-0.39, 0.29) is 18.5 Å². The van der Waals surface area contributed by atoms with Gasteiger partial charge in [0, 0.05) is 12.2 Å². The first kappa shape index (κ1) is 28.5. The van der Waals surface area contributed by atoms with Gasteiger partial charge in [-0.05, 0) is 91.5 Å². The minimum Gasteiger partial charge on any atom is -0.493 e. The fourth-order valence-electron chi connectivity index (χ4n) is 4.91. The molecule has 3 aromatic carbocycles. The lowest BCUT2D eigenvalue weighted by molar-refractivity contribution is -0.121. The highest BCUT2D eigenvalue weighted by atomic mass is 35.5. The van der Waals surface area contributed by atoms with Crippen molar-refractivity contribution < 1.29 is 19.0 Å². The summed E-state index contributed by atoms with van der Waals surface area (Å²) in [4.78, 5) is 10.4. The number of alkyl halides is 2. The predicted molar refractivity (Wildman–Crippen MR) is 156 cm³/mol. The molecule has 0 fully saturated rings. The molecule has 202 valence electrons. The molecule has 38 heavy (non-hydrogen) atoms. The zero-order valence-corrected chi connectivity index (χ0v) is 23.9. The molecular formula is C32H36Cl2O4. The number of ether oxygens (including phenoxy) is 3. The van der Waals surface area contributed by atoms with Crippen molar-refractivity contribution in [3.63, 3.8) is 0 Å². The van der Waals surface area contributed by atoms with Gasteiger partial charge < -0.3 is 14.2 Å². The number of rotatable bonds is 14. The summed E-state index contributed by atoms with van der Waals surface area (Å²) in [6.07, 6.45) is 4.11. The fraction of sp³-hybridized carbons (Fsp3) is 0.406. The molecule has 0 saturated carbocycles. The van der Waals surface area contributed by atoms with Gasteiger partial charge in [0.05, 0.1) is 6.61 Å². The van der Waals surface area contributed by atoms with Crippen molar-refractivity contribution in [2.75, 3.05) is 19.8 Å². The maximum absolute atomic E-state index is 11.0. The second-order valence-electron chi connectivity index (χ2n) is 9.80. The Labute approximate surface area is 236 Å². The first-order valence-electron chi connectivity index (χ1n) is 13.4. The van der Waals surface area contributed by atoms with Gasteiger partial charge in [-0.2, -0.15) is 0 Å². The quantitative estimate of drug-likeness (QED) is 0.116. The van der Waals surface area contributed by atoms with E-state index in [1.54, 1.807) is 0 Å². The summed E-state index contributed by atoms with van der Waals surface area (Å²) >= 11 is 12.2. The van der Waals surface area contributed by atoms with Crippen LogP contribution in [0.15, 0.2) is 54.6 Å². The normalized spacial score (nSPS) is 12.8. The van der Waals surface area contributed by atoms with Crippen molar-refractivity contribution in [1.29, 1.82) is 0 Å². The van der Waals surface area contributed by atoms with Gasteiger partial charge in [-0.15, -0.1) is 23.2 Å². The van der Waals surface area contributed by atoms with Crippen LogP contribution in [0.4, 0.5) is 0 Å². The van der Waals surface area contributed by atoms with E-state index >= 15 is 0 Å². The number of halogens is 2. The Balaban J connectivity index is 1.62. The second-order valence-corrected chi connectivity index (χ2v) is 11.0. The van der Waals surface area contributed by atoms with E-state index in [9.17, 15) is 4.79 Å². The molecule has 0 amide bonds. The number of carbonyl (C=O) groups is 1. The van der Waals surface area contributed by atoms with Gasteiger partial charge in [0.2, 0.25) is 0 Å². The van der Waals surface area contributed by atoms with E-state index in [0.29, 0.717) is 13.2 Å². The molecule has 0 aromatic heterocycles. The lowest BCUT2D eigenvalue weighted by Crippen LogP contribution is -2.19. The number of aryl methyl sites for hydroxylation is 1. The van der Waals surface area contributed by atoms with E-state index in [1.165, 1.54) is 29.2 Å². The lowest BCUT2D eigenvalue weighted by atomic mass is 9.93. The topological polar surface area (TPSA) is 44.8 Å². The first-order valence-corrected chi connectivity index (χ1v) is 14.3. The third-order valence-corrected chi connectivity index (χ3v) is 7.53. The molecule has 1 aliphatic carbocycles. The number of benzene rings is 3. The monoisotopic (exact) mass is 554 g/mol. The van der Waals surface area contributed by atoms with Gasteiger partial charge in [0.25, 0.3) is 0 Å². The van der Waals surface area contributed by atoms with Gasteiger partial charge in [0.15, 0.2) is 5.78 Å². The molecule has 0 N–H and O–H groups in total. The van der Waals surface area contributed by atoms with Crippen LogP contribution < -0.4 is 9.47 Å². The van der Waals surface area contributed by atoms with Crippen LogP contribution in [0.2, 0.25) is 0 Å². The number of Topliss-reactive ketones (excluding diaryl/α,β-unsaturated/α-hetero) is 1. The summed E-state index contributed by atoms with van der Waals surface area (Å²) in [6, 6.07) is 19.2. The van der Waals surface area contributed by atoms with E-state index < -0.39 is 4.84 Å². The zero-order chi connectivity index (χ0) is 27.1. The molecule has 1 unspecified atom stereocenters. The molecule has 0 aliphatic heterocycles. The van der Waals surface area contributed by atoms with E-state index in [0.717, 1.165) is 60.3 Å². The van der Waals surface area contributed by atoms with Crippen LogP contribution in [0.25, 0.3) is 22.3 Å². The molecule has 0 radical (unpaired) electrons. The Kier molecular flexibility index (Phi) is 10.1. The van der Waals surface area contributed by atoms with E-state index in [2.05, 4.69) is 55.5 Å². The highest BCUT2D eigenvalue weighted by Gasteiger charge is 2.24.